The molecule has 1 aromatic rings. The van der Waals surface area contributed by atoms with Gasteiger partial charge in [0.15, 0.2) is 0 Å². The molecular weight excluding hydrogens is 216 g/mol. The second kappa shape index (κ2) is 4.85. The van der Waals surface area contributed by atoms with Crippen LogP contribution in [0, 0.1) is 17.2 Å². The molecule has 0 aliphatic heterocycles. The normalized spacial score (nSPS) is 11.9. The van der Waals surface area contributed by atoms with Crippen LogP contribution >= 0.6 is 11.6 Å². The van der Waals surface area contributed by atoms with Gasteiger partial charge in [0.2, 0.25) is 5.22 Å². The lowest BCUT2D eigenvalue weighted by atomic mass is 10.2. The standard InChI is InChI=1S/C10H11ClN2O2/c1-7(5-12)6-13(2)10(14)8-3-4-15-9(8)11/h3-4,7H,6H2,1-2H3. The highest BCUT2D eigenvalue weighted by molar-refractivity contribution is 6.32. The van der Waals surface area contributed by atoms with Crippen molar-refractivity contribution >= 4 is 17.5 Å². The van der Waals surface area contributed by atoms with Gasteiger partial charge in [-0.25, -0.2) is 0 Å². The lowest BCUT2D eigenvalue weighted by Crippen LogP contribution is -2.30. The summed E-state index contributed by atoms with van der Waals surface area (Å²) < 4.78 is 4.82. The molecule has 5 heteroatoms. The van der Waals surface area contributed by atoms with Gasteiger partial charge in [-0.15, -0.1) is 0 Å². The smallest absolute Gasteiger partial charge is 0.258 e. The van der Waals surface area contributed by atoms with E-state index in [0.717, 1.165) is 0 Å². The van der Waals surface area contributed by atoms with Crippen molar-refractivity contribution in [3.05, 3.63) is 23.1 Å². The third-order valence-corrected chi connectivity index (χ3v) is 2.26. The van der Waals surface area contributed by atoms with Crippen LogP contribution in [-0.4, -0.2) is 24.4 Å². The summed E-state index contributed by atoms with van der Waals surface area (Å²) >= 11 is 5.67. The van der Waals surface area contributed by atoms with E-state index in [2.05, 4.69) is 6.07 Å². The molecule has 1 rings (SSSR count). The molecule has 0 saturated carbocycles. The molecule has 1 amide bonds. The molecule has 0 aromatic carbocycles. The highest BCUT2D eigenvalue weighted by Gasteiger charge is 2.18. The molecule has 0 aliphatic rings. The van der Waals surface area contributed by atoms with E-state index in [4.69, 9.17) is 21.3 Å². The predicted molar refractivity (Wildman–Crippen MR) is 55.5 cm³/mol. The van der Waals surface area contributed by atoms with Crippen molar-refractivity contribution in [1.82, 2.24) is 4.90 Å². The number of rotatable bonds is 3. The Labute approximate surface area is 93.0 Å². The van der Waals surface area contributed by atoms with Crippen molar-refractivity contribution in [3.8, 4) is 6.07 Å². The highest BCUT2D eigenvalue weighted by atomic mass is 35.5. The molecule has 15 heavy (non-hydrogen) atoms. The molecule has 0 fully saturated rings. The molecule has 1 atom stereocenters. The van der Waals surface area contributed by atoms with Crippen molar-refractivity contribution in [1.29, 1.82) is 5.26 Å². The van der Waals surface area contributed by atoms with Crippen LogP contribution in [-0.2, 0) is 0 Å². The van der Waals surface area contributed by atoms with Crippen molar-refractivity contribution < 1.29 is 9.21 Å². The van der Waals surface area contributed by atoms with E-state index in [1.807, 2.05) is 0 Å². The zero-order chi connectivity index (χ0) is 11.4. The first kappa shape index (κ1) is 11.6. The van der Waals surface area contributed by atoms with Crippen LogP contribution < -0.4 is 0 Å². The number of carbonyl (C=O) groups is 1. The Morgan fingerprint density at radius 3 is 2.93 bits per heavy atom. The number of hydrogen-bond acceptors (Lipinski definition) is 3. The van der Waals surface area contributed by atoms with Crippen molar-refractivity contribution in [2.75, 3.05) is 13.6 Å². The number of halogens is 1. The molecule has 0 saturated heterocycles. The number of furan rings is 1. The van der Waals surface area contributed by atoms with Gasteiger partial charge in [-0.05, 0) is 24.6 Å². The fraction of sp³-hybridized carbons (Fsp3) is 0.400. The monoisotopic (exact) mass is 226 g/mol. The Balaban J connectivity index is 2.70. The maximum Gasteiger partial charge on any atom is 0.258 e. The minimum absolute atomic E-state index is 0.0801. The fourth-order valence-electron chi connectivity index (χ4n) is 1.19. The number of nitrogens with zero attached hydrogens (tertiary/aromatic N) is 2. The Morgan fingerprint density at radius 2 is 2.47 bits per heavy atom. The van der Waals surface area contributed by atoms with E-state index in [1.165, 1.54) is 17.2 Å². The zero-order valence-electron chi connectivity index (χ0n) is 8.53. The molecule has 1 heterocycles. The molecule has 80 valence electrons. The first-order chi connectivity index (χ1) is 7.06. The topological polar surface area (TPSA) is 57.2 Å². The minimum Gasteiger partial charge on any atom is -0.452 e. The molecular formula is C10H11ClN2O2. The maximum absolute atomic E-state index is 11.8. The zero-order valence-corrected chi connectivity index (χ0v) is 9.28. The summed E-state index contributed by atoms with van der Waals surface area (Å²) in [5.41, 5.74) is 0.323. The van der Waals surface area contributed by atoms with Crippen molar-refractivity contribution in [3.63, 3.8) is 0 Å². The van der Waals surface area contributed by atoms with Gasteiger partial charge in [-0.1, -0.05) is 0 Å². The largest absolute Gasteiger partial charge is 0.452 e. The number of nitriles is 1. The van der Waals surface area contributed by atoms with Crippen molar-refractivity contribution in [2.45, 2.75) is 6.92 Å². The van der Waals surface area contributed by atoms with Crippen LogP contribution in [0.4, 0.5) is 0 Å². The van der Waals surface area contributed by atoms with Gasteiger partial charge in [0.1, 0.15) is 0 Å². The van der Waals surface area contributed by atoms with Gasteiger partial charge >= 0.3 is 0 Å². The van der Waals surface area contributed by atoms with E-state index >= 15 is 0 Å². The lowest BCUT2D eigenvalue weighted by molar-refractivity contribution is 0.0784. The Morgan fingerprint density at radius 1 is 1.80 bits per heavy atom. The Bertz CT molecular complexity index is 394. The summed E-state index contributed by atoms with van der Waals surface area (Å²) in [6.07, 6.45) is 1.36. The van der Waals surface area contributed by atoms with Gasteiger partial charge in [0.25, 0.3) is 5.91 Å². The van der Waals surface area contributed by atoms with Gasteiger partial charge in [-0.2, -0.15) is 5.26 Å². The maximum atomic E-state index is 11.8. The summed E-state index contributed by atoms with van der Waals surface area (Å²) in [4.78, 5) is 13.2. The molecule has 1 aromatic heterocycles. The first-order valence-electron chi connectivity index (χ1n) is 4.44. The van der Waals surface area contributed by atoms with Crippen LogP contribution in [0.25, 0.3) is 0 Å². The summed E-state index contributed by atoms with van der Waals surface area (Å²) in [7, 11) is 1.62. The van der Waals surface area contributed by atoms with Crippen LogP contribution in [0.3, 0.4) is 0 Å². The minimum atomic E-state index is -0.240. The third-order valence-electron chi connectivity index (χ3n) is 1.96. The van der Waals surface area contributed by atoms with Crippen LogP contribution in [0.1, 0.15) is 17.3 Å². The molecule has 4 nitrogen and oxygen atoms in total. The van der Waals surface area contributed by atoms with Crippen LogP contribution in [0.15, 0.2) is 16.7 Å². The van der Waals surface area contributed by atoms with E-state index < -0.39 is 0 Å². The van der Waals surface area contributed by atoms with Crippen LogP contribution in [0.5, 0.6) is 0 Å². The Kier molecular flexibility index (Phi) is 3.75. The molecule has 0 aliphatic carbocycles. The quantitative estimate of drug-likeness (QED) is 0.794. The first-order valence-corrected chi connectivity index (χ1v) is 4.82. The summed E-state index contributed by atoms with van der Waals surface area (Å²) in [6.45, 7) is 2.12. The van der Waals surface area contributed by atoms with Gasteiger partial charge < -0.3 is 9.32 Å². The van der Waals surface area contributed by atoms with Crippen molar-refractivity contribution in [2.24, 2.45) is 5.92 Å². The molecule has 1 unspecified atom stereocenters. The summed E-state index contributed by atoms with van der Waals surface area (Å²) in [5.74, 6) is -0.444. The average Bonchev–Trinajstić information content (AvgIpc) is 2.63. The molecule has 0 bridgehead atoms. The number of hydrogen-bond donors (Lipinski definition) is 0. The van der Waals surface area contributed by atoms with Gasteiger partial charge in [0.05, 0.1) is 23.8 Å². The van der Waals surface area contributed by atoms with Crippen LogP contribution in [0.2, 0.25) is 5.22 Å². The van der Waals surface area contributed by atoms with Gasteiger partial charge in [-0.3, -0.25) is 4.79 Å². The Hall–Kier alpha value is -1.47. The molecule has 0 N–H and O–H groups in total. The lowest BCUT2D eigenvalue weighted by Gasteiger charge is -2.17. The van der Waals surface area contributed by atoms with E-state index in [9.17, 15) is 4.79 Å². The number of carbonyl (C=O) groups excluding carboxylic acids is 1. The van der Waals surface area contributed by atoms with E-state index in [-0.39, 0.29) is 17.0 Å². The SMILES string of the molecule is CC(C#N)CN(C)C(=O)c1ccoc1Cl. The summed E-state index contributed by atoms with van der Waals surface area (Å²) in [5, 5.41) is 8.70. The van der Waals surface area contributed by atoms with Gasteiger partial charge in [0, 0.05) is 13.6 Å². The predicted octanol–water partition coefficient (Wildman–Crippen LogP) is 2.16. The highest BCUT2D eigenvalue weighted by Crippen LogP contribution is 2.18. The van der Waals surface area contributed by atoms with E-state index in [0.29, 0.717) is 12.1 Å². The molecule has 0 spiro atoms. The second-order valence-corrected chi connectivity index (χ2v) is 3.67. The molecule has 0 radical (unpaired) electrons. The third kappa shape index (κ3) is 2.74. The summed E-state index contributed by atoms with van der Waals surface area (Å²) in [6, 6.07) is 3.57. The average molecular weight is 227 g/mol. The number of amides is 1. The van der Waals surface area contributed by atoms with E-state index in [1.54, 1.807) is 14.0 Å². The second-order valence-electron chi connectivity index (χ2n) is 3.32. The fourth-order valence-corrected chi connectivity index (χ4v) is 1.38.